The first-order valence-electron chi connectivity index (χ1n) is 3.05. The lowest BCUT2D eigenvalue weighted by Crippen LogP contribution is -2.03. The van der Waals surface area contributed by atoms with Crippen LogP contribution in [0.5, 0.6) is 0 Å². The van der Waals surface area contributed by atoms with Crippen LogP contribution in [0.15, 0.2) is 12.2 Å². The van der Waals surface area contributed by atoms with Gasteiger partial charge in [-0.25, -0.2) is 0 Å². The Hall–Kier alpha value is -1.32. The molecule has 0 spiro atoms. The SMILES string of the molecule is CC=CC.O=C(O)CC(=O)O. The van der Waals surface area contributed by atoms with Crippen LogP contribution in [0.1, 0.15) is 20.3 Å². The minimum Gasteiger partial charge on any atom is -0.481 e. The maximum absolute atomic E-state index is 9.43. The molecular weight excluding hydrogens is 148 g/mol. The molecule has 0 aliphatic carbocycles. The zero-order chi connectivity index (χ0) is 9.28. The Labute approximate surface area is 65.2 Å². The van der Waals surface area contributed by atoms with Crippen LogP contribution in [0.4, 0.5) is 0 Å². The third-order valence-electron chi connectivity index (χ3n) is 0.636. The van der Waals surface area contributed by atoms with E-state index in [1.165, 1.54) is 0 Å². The molecule has 0 aromatic carbocycles. The van der Waals surface area contributed by atoms with E-state index in [1.54, 1.807) is 0 Å². The van der Waals surface area contributed by atoms with Crippen LogP contribution < -0.4 is 0 Å². The molecule has 4 heteroatoms. The number of rotatable bonds is 2. The molecule has 0 aromatic rings. The van der Waals surface area contributed by atoms with E-state index in [0.29, 0.717) is 0 Å². The standard InChI is InChI=1S/C4H8.C3H4O4/c1-3-4-2;4-2(5)1-3(6)7/h3-4H,1-2H3;1H2,(H,4,5)(H,6,7). The summed E-state index contributed by atoms with van der Waals surface area (Å²) >= 11 is 0. The van der Waals surface area contributed by atoms with Crippen LogP contribution in [-0.2, 0) is 9.59 Å². The third-order valence-corrected chi connectivity index (χ3v) is 0.636. The summed E-state index contributed by atoms with van der Waals surface area (Å²) in [5, 5.41) is 15.4. The van der Waals surface area contributed by atoms with Gasteiger partial charge in [0.2, 0.25) is 0 Å². The second kappa shape index (κ2) is 8.68. The summed E-state index contributed by atoms with van der Waals surface area (Å²) in [4.78, 5) is 18.9. The molecule has 0 fully saturated rings. The van der Waals surface area contributed by atoms with E-state index in [0.717, 1.165) is 0 Å². The second-order valence-corrected chi connectivity index (χ2v) is 1.63. The molecule has 0 radical (unpaired) electrons. The predicted molar refractivity (Wildman–Crippen MR) is 40.4 cm³/mol. The van der Waals surface area contributed by atoms with Gasteiger partial charge in [0.05, 0.1) is 0 Å². The fourth-order valence-electron chi connectivity index (χ4n) is 0.129. The van der Waals surface area contributed by atoms with Crippen molar-refractivity contribution in [2.75, 3.05) is 0 Å². The molecule has 0 unspecified atom stereocenters. The lowest BCUT2D eigenvalue weighted by Gasteiger charge is -1.80. The predicted octanol–water partition coefficient (Wildman–Crippen LogP) is 1.13. The molecule has 4 nitrogen and oxygen atoms in total. The highest BCUT2D eigenvalue weighted by Crippen LogP contribution is 1.74. The van der Waals surface area contributed by atoms with Gasteiger partial charge in [-0.2, -0.15) is 0 Å². The van der Waals surface area contributed by atoms with Gasteiger partial charge in [-0.3, -0.25) is 9.59 Å². The minimum atomic E-state index is -1.31. The Bertz CT molecular complexity index is 133. The van der Waals surface area contributed by atoms with Crippen molar-refractivity contribution in [3.63, 3.8) is 0 Å². The monoisotopic (exact) mass is 160 g/mol. The van der Waals surface area contributed by atoms with E-state index in [2.05, 4.69) is 0 Å². The molecule has 64 valence electrons. The van der Waals surface area contributed by atoms with Crippen LogP contribution in [0.2, 0.25) is 0 Å². The van der Waals surface area contributed by atoms with Crippen molar-refractivity contribution in [2.45, 2.75) is 20.3 Å². The summed E-state index contributed by atoms with van der Waals surface area (Å²) in [5.74, 6) is -2.62. The van der Waals surface area contributed by atoms with Gasteiger partial charge in [-0.1, -0.05) is 12.2 Å². The van der Waals surface area contributed by atoms with E-state index in [9.17, 15) is 9.59 Å². The zero-order valence-corrected chi connectivity index (χ0v) is 6.57. The first-order chi connectivity index (χ1) is 5.04. The average molecular weight is 160 g/mol. The molecule has 0 aromatic heterocycles. The summed E-state index contributed by atoms with van der Waals surface area (Å²) in [7, 11) is 0. The molecule has 0 rings (SSSR count). The van der Waals surface area contributed by atoms with Gasteiger partial charge in [-0.05, 0) is 13.8 Å². The molecule has 0 amide bonds. The van der Waals surface area contributed by atoms with Crippen LogP contribution in [-0.4, -0.2) is 22.2 Å². The Balaban J connectivity index is 0. The third kappa shape index (κ3) is 28.6. The summed E-state index contributed by atoms with van der Waals surface area (Å²) in [6, 6.07) is 0. The van der Waals surface area contributed by atoms with E-state index in [1.807, 2.05) is 26.0 Å². The van der Waals surface area contributed by atoms with E-state index in [-0.39, 0.29) is 0 Å². The van der Waals surface area contributed by atoms with Crippen LogP contribution >= 0.6 is 0 Å². The molecule has 0 aliphatic heterocycles. The highest BCUT2D eigenvalue weighted by Gasteiger charge is 2.01. The molecule has 0 heterocycles. The molecule has 11 heavy (non-hydrogen) atoms. The van der Waals surface area contributed by atoms with E-state index in [4.69, 9.17) is 10.2 Å². The van der Waals surface area contributed by atoms with Crippen LogP contribution in [0, 0.1) is 0 Å². The van der Waals surface area contributed by atoms with Crippen LogP contribution in [0.3, 0.4) is 0 Å². The Kier molecular flexibility index (Phi) is 9.76. The molecule has 0 bridgehead atoms. The van der Waals surface area contributed by atoms with Crippen molar-refractivity contribution in [3.05, 3.63) is 12.2 Å². The fourth-order valence-corrected chi connectivity index (χ4v) is 0.129. The Morgan fingerprint density at radius 2 is 1.36 bits per heavy atom. The molecular formula is C7H12O4. The van der Waals surface area contributed by atoms with Gasteiger partial charge in [0.25, 0.3) is 0 Å². The number of hydrogen-bond donors (Lipinski definition) is 2. The summed E-state index contributed by atoms with van der Waals surface area (Å²) < 4.78 is 0. The molecule has 0 saturated carbocycles. The molecule has 2 N–H and O–H groups in total. The highest BCUT2D eigenvalue weighted by molar-refractivity contribution is 5.88. The molecule has 0 aliphatic rings. The largest absolute Gasteiger partial charge is 0.481 e. The number of allylic oxidation sites excluding steroid dienone is 2. The smallest absolute Gasteiger partial charge is 0.314 e. The number of aliphatic carboxylic acids is 2. The first kappa shape index (κ1) is 12.4. The van der Waals surface area contributed by atoms with Gasteiger partial charge >= 0.3 is 11.9 Å². The van der Waals surface area contributed by atoms with Gasteiger partial charge in [0.1, 0.15) is 6.42 Å². The van der Waals surface area contributed by atoms with E-state index >= 15 is 0 Å². The zero-order valence-electron chi connectivity index (χ0n) is 6.57. The normalized spacial score (nSPS) is 8.55. The number of carboxylic acids is 2. The number of carboxylic acid groups (broad SMARTS) is 2. The second-order valence-electron chi connectivity index (χ2n) is 1.63. The van der Waals surface area contributed by atoms with Crippen molar-refractivity contribution in [1.82, 2.24) is 0 Å². The van der Waals surface area contributed by atoms with Crippen molar-refractivity contribution < 1.29 is 19.8 Å². The molecule has 0 saturated heterocycles. The van der Waals surface area contributed by atoms with Crippen molar-refractivity contribution in [2.24, 2.45) is 0 Å². The number of hydrogen-bond acceptors (Lipinski definition) is 2. The fraction of sp³-hybridized carbons (Fsp3) is 0.429. The van der Waals surface area contributed by atoms with E-state index < -0.39 is 18.4 Å². The van der Waals surface area contributed by atoms with Gasteiger partial charge in [0, 0.05) is 0 Å². The van der Waals surface area contributed by atoms with Crippen molar-refractivity contribution in [1.29, 1.82) is 0 Å². The topological polar surface area (TPSA) is 74.6 Å². The van der Waals surface area contributed by atoms with Gasteiger partial charge in [0.15, 0.2) is 0 Å². The van der Waals surface area contributed by atoms with Gasteiger partial charge in [-0.15, -0.1) is 0 Å². The Morgan fingerprint density at radius 3 is 1.36 bits per heavy atom. The lowest BCUT2D eigenvalue weighted by molar-refractivity contribution is -0.147. The summed E-state index contributed by atoms with van der Waals surface area (Å²) in [6.07, 6.45) is 3.19. The average Bonchev–Trinajstić information content (AvgIpc) is 1.85. The summed E-state index contributed by atoms with van der Waals surface area (Å²) in [5.41, 5.74) is 0. The molecule has 0 atom stereocenters. The highest BCUT2D eigenvalue weighted by atomic mass is 16.4. The summed E-state index contributed by atoms with van der Waals surface area (Å²) in [6.45, 7) is 4.00. The Morgan fingerprint density at radius 1 is 1.09 bits per heavy atom. The van der Waals surface area contributed by atoms with Crippen molar-refractivity contribution >= 4 is 11.9 Å². The maximum Gasteiger partial charge on any atom is 0.314 e. The van der Waals surface area contributed by atoms with Crippen molar-refractivity contribution in [3.8, 4) is 0 Å². The number of carbonyl (C=O) groups is 2. The van der Waals surface area contributed by atoms with Crippen LogP contribution in [0.25, 0.3) is 0 Å². The lowest BCUT2D eigenvalue weighted by atomic mass is 10.5. The first-order valence-corrected chi connectivity index (χ1v) is 3.05. The maximum atomic E-state index is 9.43. The minimum absolute atomic E-state index is 0.806. The quantitative estimate of drug-likeness (QED) is 0.469. The van der Waals surface area contributed by atoms with Gasteiger partial charge < -0.3 is 10.2 Å².